The third kappa shape index (κ3) is 4.87. The number of carbonyl (C=O) groups is 1. The zero-order chi connectivity index (χ0) is 13.4. The first-order valence-electron chi connectivity index (χ1n) is 6.59. The summed E-state index contributed by atoms with van der Waals surface area (Å²) in [4.78, 5) is 13.7. The lowest BCUT2D eigenvalue weighted by molar-refractivity contribution is -0.130. The van der Waals surface area contributed by atoms with E-state index in [1.54, 1.807) is 11.1 Å². The summed E-state index contributed by atoms with van der Waals surface area (Å²) in [6.45, 7) is 3.47. The Bertz CT molecular complexity index is 337. The number of nitrogens with zero attached hydrogens (tertiary/aromatic N) is 2. The first-order chi connectivity index (χ1) is 8.67. The Morgan fingerprint density at radius 3 is 2.89 bits per heavy atom. The van der Waals surface area contributed by atoms with Crippen molar-refractivity contribution in [3.05, 3.63) is 18.0 Å². The lowest BCUT2D eigenvalue weighted by atomic mass is 9.96. The van der Waals surface area contributed by atoms with Crippen LogP contribution in [0.25, 0.3) is 0 Å². The van der Waals surface area contributed by atoms with Crippen molar-refractivity contribution in [2.24, 2.45) is 11.7 Å². The summed E-state index contributed by atoms with van der Waals surface area (Å²) in [6, 6.07) is 0. The Balaban J connectivity index is 2.31. The maximum absolute atomic E-state index is 12.0. The zero-order valence-corrected chi connectivity index (χ0v) is 11.4. The highest BCUT2D eigenvalue weighted by molar-refractivity contribution is 5.75. The second-order valence-corrected chi connectivity index (χ2v) is 4.75. The van der Waals surface area contributed by atoms with Gasteiger partial charge in [0.15, 0.2) is 0 Å². The van der Waals surface area contributed by atoms with E-state index < -0.39 is 0 Å². The van der Waals surface area contributed by atoms with Gasteiger partial charge in [-0.3, -0.25) is 9.89 Å². The number of amides is 1. The Labute approximate surface area is 109 Å². The Morgan fingerprint density at radius 1 is 1.56 bits per heavy atom. The molecular formula is C13H24N4O. The molecule has 1 rings (SSSR count). The number of nitrogens with two attached hydrogens (primary N) is 1. The van der Waals surface area contributed by atoms with Gasteiger partial charge in [0.05, 0.1) is 6.20 Å². The summed E-state index contributed by atoms with van der Waals surface area (Å²) in [7, 11) is 1.83. The third-order valence-electron chi connectivity index (χ3n) is 3.32. The van der Waals surface area contributed by atoms with Crippen molar-refractivity contribution in [3.8, 4) is 0 Å². The van der Waals surface area contributed by atoms with Gasteiger partial charge in [0.2, 0.25) is 5.91 Å². The fourth-order valence-corrected chi connectivity index (χ4v) is 2.03. The summed E-state index contributed by atoms with van der Waals surface area (Å²) in [6.07, 6.45) is 7.19. The molecule has 0 saturated carbocycles. The topological polar surface area (TPSA) is 75.0 Å². The molecule has 0 aliphatic heterocycles. The normalized spacial score (nSPS) is 12.4. The average molecular weight is 252 g/mol. The molecule has 1 unspecified atom stereocenters. The smallest absolute Gasteiger partial charge is 0.222 e. The molecule has 1 heterocycles. The minimum absolute atomic E-state index is 0.187. The van der Waals surface area contributed by atoms with Crippen LogP contribution in [0.2, 0.25) is 0 Å². The highest BCUT2D eigenvalue weighted by Gasteiger charge is 2.13. The Kier molecular flexibility index (Phi) is 6.43. The van der Waals surface area contributed by atoms with Crippen LogP contribution in [0, 0.1) is 5.92 Å². The summed E-state index contributed by atoms with van der Waals surface area (Å²) in [5.74, 6) is 0.757. The quantitative estimate of drug-likeness (QED) is 0.736. The summed E-state index contributed by atoms with van der Waals surface area (Å²) in [5.41, 5.74) is 6.58. The van der Waals surface area contributed by atoms with Crippen molar-refractivity contribution in [3.63, 3.8) is 0 Å². The van der Waals surface area contributed by atoms with E-state index in [2.05, 4.69) is 17.1 Å². The lowest BCUT2D eigenvalue weighted by Gasteiger charge is -2.18. The molecule has 5 nitrogen and oxygen atoms in total. The molecular weight excluding hydrogens is 228 g/mol. The van der Waals surface area contributed by atoms with Crippen LogP contribution in [0.4, 0.5) is 0 Å². The maximum atomic E-state index is 12.0. The fraction of sp³-hybridized carbons (Fsp3) is 0.692. The van der Waals surface area contributed by atoms with E-state index >= 15 is 0 Å². The van der Waals surface area contributed by atoms with Gasteiger partial charge in [0, 0.05) is 31.8 Å². The highest BCUT2D eigenvalue weighted by Crippen LogP contribution is 2.15. The van der Waals surface area contributed by atoms with E-state index in [1.807, 2.05) is 13.2 Å². The molecule has 1 aromatic heterocycles. The Hall–Kier alpha value is -1.36. The van der Waals surface area contributed by atoms with Gasteiger partial charge in [-0.25, -0.2) is 0 Å². The van der Waals surface area contributed by atoms with Crippen molar-refractivity contribution in [2.45, 2.75) is 39.2 Å². The summed E-state index contributed by atoms with van der Waals surface area (Å²) in [5, 5.41) is 6.62. The SMILES string of the molecule is CCC(CCN)CCC(=O)N(C)Cc1cn[nH]c1. The van der Waals surface area contributed by atoms with Crippen LogP contribution < -0.4 is 5.73 Å². The fourth-order valence-electron chi connectivity index (χ4n) is 2.03. The van der Waals surface area contributed by atoms with Crippen LogP contribution >= 0.6 is 0 Å². The van der Waals surface area contributed by atoms with Crippen molar-refractivity contribution >= 4 is 5.91 Å². The van der Waals surface area contributed by atoms with Crippen molar-refractivity contribution in [1.82, 2.24) is 15.1 Å². The van der Waals surface area contributed by atoms with Crippen LogP contribution in [0.3, 0.4) is 0 Å². The number of aromatic amines is 1. The monoisotopic (exact) mass is 252 g/mol. The molecule has 5 heteroatoms. The zero-order valence-electron chi connectivity index (χ0n) is 11.4. The number of rotatable bonds is 8. The number of nitrogens with one attached hydrogen (secondary N) is 1. The van der Waals surface area contributed by atoms with Crippen molar-refractivity contribution in [1.29, 1.82) is 0 Å². The Morgan fingerprint density at radius 2 is 2.33 bits per heavy atom. The number of hydrogen-bond acceptors (Lipinski definition) is 3. The van der Waals surface area contributed by atoms with E-state index in [4.69, 9.17) is 5.73 Å². The molecule has 1 aromatic rings. The first-order valence-corrected chi connectivity index (χ1v) is 6.59. The molecule has 1 amide bonds. The lowest BCUT2D eigenvalue weighted by Crippen LogP contribution is -2.26. The second-order valence-electron chi connectivity index (χ2n) is 4.75. The van der Waals surface area contributed by atoms with E-state index in [9.17, 15) is 4.79 Å². The van der Waals surface area contributed by atoms with Crippen LogP contribution in [0.15, 0.2) is 12.4 Å². The molecule has 0 bridgehead atoms. The number of hydrogen-bond donors (Lipinski definition) is 2. The standard InChI is InChI=1S/C13H24N4O/c1-3-11(6-7-14)4-5-13(18)17(2)10-12-8-15-16-9-12/h8-9,11H,3-7,10,14H2,1-2H3,(H,15,16). The van der Waals surface area contributed by atoms with Gasteiger partial charge >= 0.3 is 0 Å². The predicted molar refractivity (Wildman–Crippen MR) is 71.7 cm³/mol. The van der Waals surface area contributed by atoms with Gasteiger partial charge in [0.25, 0.3) is 0 Å². The molecule has 0 radical (unpaired) electrons. The predicted octanol–water partition coefficient (Wildman–Crippen LogP) is 1.52. The highest BCUT2D eigenvalue weighted by atomic mass is 16.2. The molecule has 0 aliphatic carbocycles. The van der Waals surface area contributed by atoms with Crippen LogP contribution in [-0.4, -0.2) is 34.6 Å². The van der Waals surface area contributed by atoms with Crippen LogP contribution in [-0.2, 0) is 11.3 Å². The van der Waals surface area contributed by atoms with Gasteiger partial charge < -0.3 is 10.6 Å². The molecule has 0 spiro atoms. The summed E-state index contributed by atoms with van der Waals surface area (Å²) < 4.78 is 0. The molecule has 3 N–H and O–H groups in total. The maximum Gasteiger partial charge on any atom is 0.222 e. The van der Waals surface area contributed by atoms with Gasteiger partial charge in [-0.15, -0.1) is 0 Å². The first kappa shape index (κ1) is 14.7. The molecule has 0 fully saturated rings. The van der Waals surface area contributed by atoms with Crippen molar-refractivity contribution in [2.75, 3.05) is 13.6 Å². The molecule has 0 aliphatic rings. The summed E-state index contributed by atoms with van der Waals surface area (Å²) >= 11 is 0. The molecule has 1 atom stereocenters. The molecule has 0 saturated heterocycles. The largest absolute Gasteiger partial charge is 0.341 e. The van der Waals surface area contributed by atoms with Crippen LogP contribution in [0.1, 0.15) is 38.2 Å². The van der Waals surface area contributed by atoms with E-state index in [1.165, 1.54) is 0 Å². The third-order valence-corrected chi connectivity index (χ3v) is 3.32. The van der Waals surface area contributed by atoms with E-state index in [0.717, 1.165) is 24.8 Å². The number of H-pyrrole nitrogens is 1. The van der Waals surface area contributed by atoms with Gasteiger partial charge in [0.1, 0.15) is 0 Å². The molecule has 18 heavy (non-hydrogen) atoms. The minimum atomic E-state index is 0.187. The number of carbonyl (C=O) groups excluding carboxylic acids is 1. The van der Waals surface area contributed by atoms with Crippen LogP contribution in [0.5, 0.6) is 0 Å². The van der Waals surface area contributed by atoms with Gasteiger partial charge in [-0.2, -0.15) is 5.10 Å². The van der Waals surface area contributed by atoms with E-state index in [0.29, 0.717) is 25.4 Å². The molecule has 102 valence electrons. The van der Waals surface area contributed by atoms with E-state index in [-0.39, 0.29) is 5.91 Å². The van der Waals surface area contributed by atoms with Gasteiger partial charge in [-0.05, 0) is 25.3 Å². The number of aromatic nitrogens is 2. The second kappa shape index (κ2) is 7.87. The average Bonchev–Trinajstić information content (AvgIpc) is 2.86. The minimum Gasteiger partial charge on any atom is -0.341 e. The molecule has 0 aromatic carbocycles. The van der Waals surface area contributed by atoms with Gasteiger partial charge in [-0.1, -0.05) is 13.3 Å². The van der Waals surface area contributed by atoms with Crippen molar-refractivity contribution < 1.29 is 4.79 Å².